The SMILES string of the molecule is COc1cc(C=C2C(=O)OC(C)(C)OC2=O)ccc1OCc1ccc(Cl)c(Cl)c1. The fourth-order valence-electron chi connectivity index (χ4n) is 2.63. The van der Waals surface area contributed by atoms with Gasteiger partial charge in [0, 0.05) is 13.8 Å². The maximum atomic E-state index is 12.1. The van der Waals surface area contributed by atoms with Gasteiger partial charge in [-0.2, -0.15) is 0 Å². The molecule has 6 nitrogen and oxygen atoms in total. The second-order valence-corrected chi connectivity index (χ2v) is 7.50. The van der Waals surface area contributed by atoms with Crippen molar-refractivity contribution < 1.29 is 28.5 Å². The van der Waals surface area contributed by atoms with Crippen LogP contribution in [0.5, 0.6) is 11.5 Å². The molecule has 3 rings (SSSR count). The van der Waals surface area contributed by atoms with Crippen LogP contribution in [0.15, 0.2) is 42.0 Å². The van der Waals surface area contributed by atoms with E-state index in [2.05, 4.69) is 0 Å². The highest BCUT2D eigenvalue weighted by Gasteiger charge is 2.38. The molecular weight excluding hydrogens is 419 g/mol. The molecule has 0 aromatic heterocycles. The molecule has 0 spiro atoms. The smallest absolute Gasteiger partial charge is 0.348 e. The van der Waals surface area contributed by atoms with Gasteiger partial charge in [0.2, 0.25) is 0 Å². The molecule has 1 aliphatic rings. The summed E-state index contributed by atoms with van der Waals surface area (Å²) in [4.78, 5) is 24.2. The van der Waals surface area contributed by atoms with Crippen molar-refractivity contribution in [3.05, 3.63) is 63.1 Å². The molecule has 0 amide bonds. The summed E-state index contributed by atoms with van der Waals surface area (Å²) in [6.07, 6.45) is 1.38. The maximum absolute atomic E-state index is 12.1. The lowest BCUT2D eigenvalue weighted by molar-refractivity contribution is -0.222. The van der Waals surface area contributed by atoms with E-state index in [1.165, 1.54) is 27.0 Å². The molecule has 1 fully saturated rings. The van der Waals surface area contributed by atoms with Crippen LogP contribution in [-0.2, 0) is 25.7 Å². The van der Waals surface area contributed by atoms with Gasteiger partial charge < -0.3 is 18.9 Å². The summed E-state index contributed by atoms with van der Waals surface area (Å²) in [5.41, 5.74) is 1.19. The van der Waals surface area contributed by atoms with Gasteiger partial charge in [-0.3, -0.25) is 0 Å². The predicted octanol–water partition coefficient (Wildman–Crippen LogP) is 4.80. The zero-order valence-corrected chi connectivity index (χ0v) is 17.5. The van der Waals surface area contributed by atoms with Gasteiger partial charge in [-0.05, 0) is 41.5 Å². The Kier molecular flexibility index (Phi) is 6.05. The Bertz CT molecular complexity index is 975. The Balaban J connectivity index is 1.79. The number of esters is 2. The van der Waals surface area contributed by atoms with Crippen molar-refractivity contribution in [2.45, 2.75) is 26.2 Å². The molecule has 2 aromatic carbocycles. The lowest BCUT2D eigenvalue weighted by Gasteiger charge is -2.29. The number of methoxy groups -OCH3 is 1. The molecule has 0 aliphatic carbocycles. The van der Waals surface area contributed by atoms with Gasteiger partial charge in [-0.25, -0.2) is 9.59 Å². The summed E-state index contributed by atoms with van der Waals surface area (Å²) in [6, 6.07) is 10.2. The van der Waals surface area contributed by atoms with Crippen molar-refractivity contribution in [3.8, 4) is 11.5 Å². The quantitative estimate of drug-likeness (QED) is 0.380. The van der Waals surface area contributed by atoms with Gasteiger partial charge in [-0.1, -0.05) is 35.3 Å². The van der Waals surface area contributed by atoms with E-state index in [9.17, 15) is 9.59 Å². The number of rotatable bonds is 5. The van der Waals surface area contributed by atoms with Crippen LogP contribution in [0.3, 0.4) is 0 Å². The van der Waals surface area contributed by atoms with Gasteiger partial charge in [0.15, 0.2) is 11.5 Å². The van der Waals surface area contributed by atoms with E-state index in [4.69, 9.17) is 42.1 Å². The molecule has 0 radical (unpaired) electrons. The fourth-order valence-corrected chi connectivity index (χ4v) is 2.95. The average Bonchev–Trinajstić information content (AvgIpc) is 2.65. The topological polar surface area (TPSA) is 71.1 Å². The highest BCUT2D eigenvalue weighted by molar-refractivity contribution is 6.42. The van der Waals surface area contributed by atoms with Crippen molar-refractivity contribution in [1.82, 2.24) is 0 Å². The summed E-state index contributed by atoms with van der Waals surface area (Å²) < 4.78 is 21.3. The number of ether oxygens (including phenoxy) is 4. The standard InChI is InChI=1S/C21H18Cl2O6/c1-21(2)28-19(24)14(20(25)29-21)8-12-5-7-17(18(10-12)26-3)27-11-13-4-6-15(22)16(23)9-13/h4-10H,11H2,1-3H3. The molecule has 0 unspecified atom stereocenters. The number of carbonyl (C=O) groups is 2. The highest BCUT2D eigenvalue weighted by Crippen LogP contribution is 2.31. The number of hydrogen-bond donors (Lipinski definition) is 0. The van der Waals surface area contributed by atoms with E-state index in [0.29, 0.717) is 27.1 Å². The monoisotopic (exact) mass is 436 g/mol. The van der Waals surface area contributed by atoms with Gasteiger partial charge >= 0.3 is 11.9 Å². The van der Waals surface area contributed by atoms with Gasteiger partial charge in [0.1, 0.15) is 12.2 Å². The van der Waals surface area contributed by atoms with Crippen LogP contribution in [0.4, 0.5) is 0 Å². The normalized spacial score (nSPS) is 15.4. The van der Waals surface area contributed by atoms with Crippen LogP contribution >= 0.6 is 23.2 Å². The van der Waals surface area contributed by atoms with Crippen molar-refractivity contribution in [3.63, 3.8) is 0 Å². The first kappa shape index (κ1) is 21.0. The van der Waals surface area contributed by atoms with Crippen molar-refractivity contribution in [2.75, 3.05) is 7.11 Å². The molecule has 1 heterocycles. The summed E-state index contributed by atoms with van der Waals surface area (Å²) in [7, 11) is 1.49. The van der Waals surface area contributed by atoms with Crippen molar-refractivity contribution in [2.24, 2.45) is 0 Å². The number of carbonyl (C=O) groups excluding carboxylic acids is 2. The number of hydrogen-bond acceptors (Lipinski definition) is 6. The third-order valence-electron chi connectivity index (χ3n) is 3.99. The third-order valence-corrected chi connectivity index (χ3v) is 4.73. The highest BCUT2D eigenvalue weighted by atomic mass is 35.5. The first-order chi connectivity index (χ1) is 13.7. The van der Waals surface area contributed by atoms with Crippen molar-refractivity contribution in [1.29, 1.82) is 0 Å². The Morgan fingerprint density at radius 2 is 1.66 bits per heavy atom. The molecule has 29 heavy (non-hydrogen) atoms. The van der Waals surface area contributed by atoms with Gasteiger partial charge in [0.05, 0.1) is 17.2 Å². The summed E-state index contributed by atoms with van der Waals surface area (Å²) in [5, 5.41) is 0.907. The lowest BCUT2D eigenvalue weighted by Crippen LogP contribution is -2.41. The third kappa shape index (κ3) is 5.02. The molecule has 1 aliphatic heterocycles. The van der Waals surface area contributed by atoms with Crippen LogP contribution in [0.1, 0.15) is 25.0 Å². The minimum Gasteiger partial charge on any atom is -0.493 e. The van der Waals surface area contributed by atoms with Crippen LogP contribution < -0.4 is 9.47 Å². The molecule has 1 saturated heterocycles. The lowest BCUT2D eigenvalue weighted by atomic mass is 10.1. The number of cyclic esters (lactones) is 2. The zero-order chi connectivity index (χ0) is 21.2. The van der Waals surface area contributed by atoms with E-state index in [-0.39, 0.29) is 12.2 Å². The van der Waals surface area contributed by atoms with E-state index in [1.807, 2.05) is 0 Å². The van der Waals surface area contributed by atoms with Gasteiger partial charge in [0.25, 0.3) is 5.79 Å². The zero-order valence-electron chi connectivity index (χ0n) is 16.0. The van der Waals surface area contributed by atoms with E-state index < -0.39 is 17.7 Å². The molecule has 0 N–H and O–H groups in total. The Labute approximate surface area is 177 Å². The second kappa shape index (κ2) is 8.35. The first-order valence-corrected chi connectivity index (χ1v) is 9.37. The average molecular weight is 437 g/mol. The Hall–Kier alpha value is -2.70. The molecule has 0 bridgehead atoms. The minimum absolute atomic E-state index is 0.198. The van der Waals surface area contributed by atoms with Gasteiger partial charge in [-0.15, -0.1) is 0 Å². The van der Waals surface area contributed by atoms with Crippen LogP contribution in [0, 0.1) is 0 Å². The van der Waals surface area contributed by atoms with E-state index in [1.54, 1.807) is 36.4 Å². The Morgan fingerprint density at radius 3 is 2.28 bits per heavy atom. The predicted molar refractivity (Wildman–Crippen MR) is 108 cm³/mol. The van der Waals surface area contributed by atoms with Crippen LogP contribution in [-0.4, -0.2) is 24.8 Å². The Morgan fingerprint density at radius 1 is 0.966 bits per heavy atom. The first-order valence-electron chi connectivity index (χ1n) is 8.61. The van der Waals surface area contributed by atoms with E-state index >= 15 is 0 Å². The maximum Gasteiger partial charge on any atom is 0.348 e. The fraction of sp³-hybridized carbons (Fsp3) is 0.238. The summed E-state index contributed by atoms with van der Waals surface area (Å²) in [5.74, 6) is -1.87. The number of halogens is 2. The molecule has 8 heteroatoms. The molecular formula is C21H18Cl2O6. The van der Waals surface area contributed by atoms with E-state index in [0.717, 1.165) is 5.56 Å². The second-order valence-electron chi connectivity index (χ2n) is 6.68. The summed E-state index contributed by atoms with van der Waals surface area (Å²) in [6.45, 7) is 3.23. The molecule has 0 atom stereocenters. The molecule has 152 valence electrons. The largest absolute Gasteiger partial charge is 0.493 e. The molecule has 2 aromatic rings. The van der Waals surface area contributed by atoms with Crippen molar-refractivity contribution >= 4 is 41.2 Å². The molecule has 0 saturated carbocycles. The number of benzene rings is 2. The van der Waals surface area contributed by atoms with Crippen LogP contribution in [0.2, 0.25) is 10.0 Å². The minimum atomic E-state index is -1.29. The van der Waals surface area contributed by atoms with Crippen LogP contribution in [0.25, 0.3) is 6.08 Å². The summed E-state index contributed by atoms with van der Waals surface area (Å²) >= 11 is 11.9.